The first-order chi connectivity index (χ1) is 17.2. The predicted molar refractivity (Wildman–Crippen MR) is 137 cm³/mol. The predicted octanol–water partition coefficient (Wildman–Crippen LogP) is 3.01. The highest BCUT2D eigenvalue weighted by molar-refractivity contribution is 5.94. The van der Waals surface area contributed by atoms with E-state index in [0.29, 0.717) is 43.6 Å². The van der Waals surface area contributed by atoms with Gasteiger partial charge < -0.3 is 29.9 Å². The van der Waals surface area contributed by atoms with Gasteiger partial charge in [-0.1, -0.05) is 12.1 Å². The molecule has 0 radical (unpaired) electrons. The number of carbonyl (C=O) groups excluding carboxylic acids is 2. The van der Waals surface area contributed by atoms with Gasteiger partial charge in [0.05, 0.1) is 6.20 Å². The number of benzene rings is 1. The lowest BCUT2D eigenvalue weighted by Gasteiger charge is -2.25. The third-order valence-corrected chi connectivity index (χ3v) is 6.18. The summed E-state index contributed by atoms with van der Waals surface area (Å²) >= 11 is 0. The largest absolute Gasteiger partial charge is 0.480 e. The number of ether oxygens (including phenoxy) is 1. The van der Waals surface area contributed by atoms with Gasteiger partial charge in [0.25, 0.3) is 0 Å². The van der Waals surface area contributed by atoms with Crippen LogP contribution in [0, 0.1) is 0 Å². The van der Waals surface area contributed by atoms with Crippen LogP contribution in [0.1, 0.15) is 39.2 Å². The number of carbonyl (C=O) groups is 3. The Balaban J connectivity index is 1.78. The highest BCUT2D eigenvalue weighted by Gasteiger charge is 2.24. The Morgan fingerprint density at radius 1 is 1.14 bits per heavy atom. The number of anilines is 3. The standard InChI is InChI=1S/C25H34N6O5/c1-5-30(6-2)24-26-16-21(29(4)17(3)32)22(28-24)27-20(23(33)34)15-18-9-11-19(12-10-18)36-25(35)31-13-7-8-14-31/h9-12,16,20H,5-8,13-15H2,1-4H3,(H,33,34)(H,26,27,28)/t20-/m0/s1. The minimum Gasteiger partial charge on any atom is -0.480 e. The number of carboxylic acid groups (broad SMARTS) is 1. The maximum absolute atomic E-state index is 12.2. The fourth-order valence-electron chi connectivity index (χ4n) is 3.91. The fourth-order valence-corrected chi connectivity index (χ4v) is 3.91. The number of likely N-dealkylation sites (tertiary alicyclic amines) is 1. The minimum atomic E-state index is -1.07. The summed E-state index contributed by atoms with van der Waals surface area (Å²) < 4.78 is 5.42. The first kappa shape index (κ1) is 26.7. The Morgan fingerprint density at radius 2 is 1.78 bits per heavy atom. The molecule has 1 saturated heterocycles. The van der Waals surface area contributed by atoms with E-state index in [1.165, 1.54) is 18.0 Å². The first-order valence-electron chi connectivity index (χ1n) is 12.1. The van der Waals surface area contributed by atoms with Gasteiger partial charge in [0.2, 0.25) is 11.9 Å². The Bertz CT molecular complexity index is 1070. The minimum absolute atomic E-state index is 0.142. The lowest BCUT2D eigenvalue weighted by molar-refractivity contribution is -0.137. The summed E-state index contributed by atoms with van der Waals surface area (Å²) in [5, 5.41) is 12.9. The molecule has 0 spiro atoms. The summed E-state index contributed by atoms with van der Waals surface area (Å²) in [7, 11) is 1.58. The Kier molecular flexibility index (Phi) is 9.04. The van der Waals surface area contributed by atoms with Gasteiger partial charge in [-0.15, -0.1) is 0 Å². The van der Waals surface area contributed by atoms with Gasteiger partial charge in [0, 0.05) is 46.6 Å². The van der Waals surface area contributed by atoms with Crippen LogP contribution in [0.15, 0.2) is 30.5 Å². The molecule has 2 heterocycles. The van der Waals surface area contributed by atoms with E-state index in [-0.39, 0.29) is 24.2 Å². The van der Waals surface area contributed by atoms with Gasteiger partial charge in [-0.2, -0.15) is 4.98 Å². The molecule has 194 valence electrons. The molecule has 0 unspecified atom stereocenters. The Hall–Kier alpha value is -3.89. The fraction of sp³-hybridized carbons (Fsp3) is 0.480. The Morgan fingerprint density at radius 3 is 2.33 bits per heavy atom. The molecule has 11 heteroatoms. The highest BCUT2D eigenvalue weighted by Crippen LogP contribution is 2.26. The number of hydrogen-bond acceptors (Lipinski definition) is 8. The van der Waals surface area contributed by atoms with E-state index < -0.39 is 12.0 Å². The maximum atomic E-state index is 12.2. The molecule has 11 nitrogen and oxygen atoms in total. The molecule has 2 aromatic rings. The van der Waals surface area contributed by atoms with E-state index >= 15 is 0 Å². The second kappa shape index (κ2) is 12.2. The zero-order valence-corrected chi connectivity index (χ0v) is 21.2. The summed E-state index contributed by atoms with van der Waals surface area (Å²) in [5.74, 6) is -0.202. The SMILES string of the molecule is CCN(CC)c1ncc(N(C)C(C)=O)c(N[C@@H](Cc2ccc(OC(=O)N3CCCC3)cc2)C(=O)O)n1. The normalized spacial score (nSPS) is 13.7. The summed E-state index contributed by atoms with van der Waals surface area (Å²) in [6.45, 7) is 8.10. The number of aromatic nitrogens is 2. The summed E-state index contributed by atoms with van der Waals surface area (Å²) in [6, 6.07) is 5.74. The van der Waals surface area contributed by atoms with Gasteiger partial charge >= 0.3 is 12.1 Å². The molecule has 36 heavy (non-hydrogen) atoms. The molecule has 1 aromatic carbocycles. The molecule has 1 aliphatic rings. The van der Waals surface area contributed by atoms with Crippen LogP contribution in [0.5, 0.6) is 5.75 Å². The number of carboxylic acids is 1. The van der Waals surface area contributed by atoms with E-state index in [1.54, 1.807) is 36.2 Å². The molecule has 0 bridgehead atoms. The van der Waals surface area contributed by atoms with E-state index in [4.69, 9.17) is 4.74 Å². The molecule has 1 fully saturated rings. The van der Waals surface area contributed by atoms with Crippen LogP contribution in [0.4, 0.5) is 22.2 Å². The number of rotatable bonds is 10. The Labute approximate surface area is 211 Å². The van der Waals surface area contributed by atoms with E-state index in [9.17, 15) is 19.5 Å². The zero-order valence-electron chi connectivity index (χ0n) is 21.2. The van der Waals surface area contributed by atoms with Crippen LogP contribution in [0.2, 0.25) is 0 Å². The molecule has 0 aliphatic carbocycles. The van der Waals surface area contributed by atoms with E-state index in [1.807, 2.05) is 18.7 Å². The molecule has 3 rings (SSSR count). The summed E-state index contributed by atoms with van der Waals surface area (Å²) in [6.07, 6.45) is 3.24. The van der Waals surface area contributed by atoms with Crippen molar-refractivity contribution in [3.63, 3.8) is 0 Å². The monoisotopic (exact) mass is 498 g/mol. The van der Waals surface area contributed by atoms with Gasteiger partial charge in [0.1, 0.15) is 17.5 Å². The third kappa shape index (κ3) is 6.61. The lowest BCUT2D eigenvalue weighted by Crippen LogP contribution is -2.34. The van der Waals surface area contributed by atoms with Crippen molar-refractivity contribution in [2.75, 3.05) is 48.3 Å². The second-order valence-electron chi connectivity index (χ2n) is 8.60. The molecular weight excluding hydrogens is 464 g/mol. The average molecular weight is 499 g/mol. The number of hydrogen-bond donors (Lipinski definition) is 2. The number of nitrogens with one attached hydrogen (secondary N) is 1. The van der Waals surface area contributed by atoms with Crippen molar-refractivity contribution in [3.8, 4) is 5.75 Å². The lowest BCUT2D eigenvalue weighted by atomic mass is 10.1. The molecule has 2 amide bonds. The van der Waals surface area contributed by atoms with Crippen molar-refractivity contribution in [2.45, 2.75) is 46.1 Å². The third-order valence-electron chi connectivity index (χ3n) is 6.18. The highest BCUT2D eigenvalue weighted by atomic mass is 16.6. The van der Waals surface area contributed by atoms with Crippen molar-refractivity contribution in [3.05, 3.63) is 36.0 Å². The van der Waals surface area contributed by atoms with Crippen molar-refractivity contribution >= 4 is 35.4 Å². The molecule has 1 atom stereocenters. The summed E-state index contributed by atoms with van der Waals surface area (Å²) in [5.41, 5.74) is 1.11. The van der Waals surface area contributed by atoms with Crippen LogP contribution in [-0.2, 0) is 16.0 Å². The first-order valence-corrected chi connectivity index (χ1v) is 12.1. The summed E-state index contributed by atoms with van der Waals surface area (Å²) in [4.78, 5) is 50.2. The molecule has 2 N–H and O–H groups in total. The average Bonchev–Trinajstić information content (AvgIpc) is 3.40. The van der Waals surface area contributed by atoms with Gasteiger partial charge in [-0.25, -0.2) is 14.6 Å². The topological polar surface area (TPSA) is 128 Å². The van der Waals surface area contributed by atoms with Crippen LogP contribution >= 0.6 is 0 Å². The van der Waals surface area contributed by atoms with Crippen LogP contribution in [-0.4, -0.2) is 77.2 Å². The van der Waals surface area contributed by atoms with Crippen molar-refractivity contribution in [1.82, 2.24) is 14.9 Å². The number of amides is 2. The molecule has 1 aliphatic heterocycles. The van der Waals surface area contributed by atoms with E-state index in [0.717, 1.165) is 18.4 Å². The van der Waals surface area contributed by atoms with Gasteiger partial charge in [-0.3, -0.25) is 4.79 Å². The molecule has 1 aromatic heterocycles. The maximum Gasteiger partial charge on any atom is 0.415 e. The number of aliphatic carboxylic acids is 1. The van der Waals surface area contributed by atoms with Gasteiger partial charge in [-0.05, 0) is 44.4 Å². The van der Waals surface area contributed by atoms with Crippen LogP contribution in [0.3, 0.4) is 0 Å². The van der Waals surface area contributed by atoms with E-state index in [2.05, 4.69) is 15.3 Å². The van der Waals surface area contributed by atoms with Crippen molar-refractivity contribution in [1.29, 1.82) is 0 Å². The van der Waals surface area contributed by atoms with Crippen LogP contribution < -0.4 is 19.9 Å². The van der Waals surface area contributed by atoms with Crippen molar-refractivity contribution < 1.29 is 24.2 Å². The smallest absolute Gasteiger partial charge is 0.415 e. The van der Waals surface area contributed by atoms with Gasteiger partial charge in [0.15, 0.2) is 5.82 Å². The van der Waals surface area contributed by atoms with Crippen LogP contribution in [0.25, 0.3) is 0 Å². The number of nitrogens with zero attached hydrogens (tertiary/aromatic N) is 5. The zero-order chi connectivity index (χ0) is 26.2. The molecule has 0 saturated carbocycles. The quantitative estimate of drug-likeness (QED) is 0.508. The second-order valence-corrected chi connectivity index (χ2v) is 8.60. The molecular formula is C25H34N6O5. The van der Waals surface area contributed by atoms with Crippen molar-refractivity contribution in [2.24, 2.45) is 0 Å².